The van der Waals surface area contributed by atoms with Gasteiger partial charge in [-0.25, -0.2) is 12.8 Å². The Morgan fingerprint density at radius 2 is 1.79 bits per heavy atom. The fourth-order valence-electron chi connectivity index (χ4n) is 3.51. The summed E-state index contributed by atoms with van der Waals surface area (Å²) in [4.78, 5) is 12.6. The maximum absolute atomic E-state index is 13.6. The van der Waals surface area contributed by atoms with E-state index in [4.69, 9.17) is 11.6 Å². The molecule has 0 radical (unpaired) electrons. The molecule has 1 amide bonds. The number of anilines is 1. The van der Waals surface area contributed by atoms with Gasteiger partial charge in [-0.2, -0.15) is 0 Å². The summed E-state index contributed by atoms with van der Waals surface area (Å²) >= 11 is 5.86. The lowest BCUT2D eigenvalue weighted by atomic mass is 9.89. The van der Waals surface area contributed by atoms with Crippen molar-refractivity contribution < 1.29 is 17.6 Å². The zero-order valence-electron chi connectivity index (χ0n) is 16.0. The third kappa shape index (κ3) is 5.48. The van der Waals surface area contributed by atoms with E-state index in [-0.39, 0.29) is 15.6 Å². The molecule has 1 aliphatic rings. The molecule has 0 saturated heterocycles. The predicted octanol–water partition coefficient (Wildman–Crippen LogP) is 4.37. The third-order valence-electron chi connectivity index (χ3n) is 5.12. The van der Waals surface area contributed by atoms with Gasteiger partial charge in [-0.3, -0.25) is 9.10 Å². The summed E-state index contributed by atoms with van der Waals surface area (Å²) in [6.45, 7) is 0.119. The fraction of sp³-hybridized carbons (Fsp3) is 0.381. The van der Waals surface area contributed by atoms with Crippen molar-refractivity contribution in [2.75, 3.05) is 17.4 Å². The number of sulfonamides is 1. The average molecular weight is 439 g/mol. The molecule has 156 valence electrons. The molecule has 5 nitrogen and oxygen atoms in total. The molecule has 3 rings (SSSR count). The lowest BCUT2D eigenvalue weighted by Gasteiger charge is -2.26. The van der Waals surface area contributed by atoms with Crippen LogP contribution in [-0.4, -0.2) is 27.4 Å². The van der Waals surface area contributed by atoms with Gasteiger partial charge in [0.05, 0.1) is 15.6 Å². The van der Waals surface area contributed by atoms with Crippen LogP contribution in [0.1, 0.15) is 32.1 Å². The number of nitrogens with one attached hydrogen (secondary N) is 1. The van der Waals surface area contributed by atoms with Crippen molar-refractivity contribution in [1.82, 2.24) is 5.32 Å². The van der Waals surface area contributed by atoms with Crippen LogP contribution in [0.25, 0.3) is 0 Å². The van der Waals surface area contributed by atoms with E-state index in [9.17, 15) is 17.6 Å². The zero-order chi connectivity index (χ0) is 20.9. The van der Waals surface area contributed by atoms with Gasteiger partial charge in [0.1, 0.15) is 12.4 Å². The molecular weight excluding hydrogens is 415 g/mol. The molecule has 0 heterocycles. The minimum absolute atomic E-state index is 0.0422. The summed E-state index contributed by atoms with van der Waals surface area (Å²) in [7, 11) is -4.03. The molecule has 2 aromatic carbocycles. The number of nitrogens with zero attached hydrogens (tertiary/aromatic N) is 1. The van der Waals surface area contributed by atoms with Crippen molar-refractivity contribution in [3.63, 3.8) is 0 Å². The molecule has 0 spiro atoms. The highest BCUT2D eigenvalue weighted by Gasteiger charge is 2.28. The number of hydrogen-bond donors (Lipinski definition) is 1. The predicted molar refractivity (Wildman–Crippen MR) is 112 cm³/mol. The van der Waals surface area contributed by atoms with E-state index in [1.54, 1.807) is 18.2 Å². The number of carbonyl (C=O) groups excluding carboxylic acids is 1. The Bertz CT molecular complexity index is 948. The van der Waals surface area contributed by atoms with Crippen LogP contribution in [-0.2, 0) is 14.8 Å². The third-order valence-corrected chi connectivity index (χ3v) is 7.20. The second-order valence-corrected chi connectivity index (χ2v) is 9.50. The minimum Gasteiger partial charge on any atom is -0.354 e. The lowest BCUT2D eigenvalue weighted by molar-refractivity contribution is -0.119. The van der Waals surface area contributed by atoms with E-state index in [2.05, 4.69) is 5.32 Å². The largest absolute Gasteiger partial charge is 0.354 e. The lowest BCUT2D eigenvalue weighted by Crippen LogP contribution is -2.42. The molecule has 2 aromatic rings. The first-order chi connectivity index (χ1) is 13.9. The summed E-state index contributed by atoms with van der Waals surface area (Å²) in [5.74, 6) is -0.642. The maximum atomic E-state index is 13.6. The Morgan fingerprint density at radius 1 is 1.10 bits per heavy atom. The van der Waals surface area contributed by atoms with Gasteiger partial charge in [-0.15, -0.1) is 0 Å². The van der Waals surface area contributed by atoms with Crippen molar-refractivity contribution in [2.45, 2.75) is 37.0 Å². The van der Waals surface area contributed by atoms with E-state index in [1.165, 1.54) is 30.7 Å². The van der Waals surface area contributed by atoms with Crippen LogP contribution in [0.2, 0.25) is 5.02 Å². The molecule has 1 aliphatic carbocycles. The van der Waals surface area contributed by atoms with Crippen LogP contribution in [0.5, 0.6) is 0 Å². The van der Waals surface area contributed by atoms with E-state index < -0.39 is 28.3 Å². The smallest absolute Gasteiger partial charge is 0.264 e. The summed E-state index contributed by atoms with van der Waals surface area (Å²) in [5.41, 5.74) is 0.132. The summed E-state index contributed by atoms with van der Waals surface area (Å²) in [6, 6.07) is 11.4. The van der Waals surface area contributed by atoms with Crippen LogP contribution in [0.4, 0.5) is 10.1 Å². The second-order valence-electron chi connectivity index (χ2n) is 7.23. The van der Waals surface area contributed by atoms with Gasteiger partial charge >= 0.3 is 0 Å². The van der Waals surface area contributed by atoms with Crippen LogP contribution in [0.3, 0.4) is 0 Å². The summed E-state index contributed by atoms with van der Waals surface area (Å²) < 4.78 is 40.9. The zero-order valence-corrected chi connectivity index (χ0v) is 17.6. The molecule has 0 aromatic heterocycles. The number of halogens is 2. The molecule has 1 N–H and O–H groups in total. The molecule has 0 atom stereocenters. The normalized spacial score (nSPS) is 15.1. The Balaban J connectivity index is 1.82. The number of benzene rings is 2. The Kier molecular flexibility index (Phi) is 7.14. The van der Waals surface area contributed by atoms with Gasteiger partial charge in [0.2, 0.25) is 5.91 Å². The van der Waals surface area contributed by atoms with Crippen LogP contribution >= 0.6 is 11.6 Å². The van der Waals surface area contributed by atoms with E-state index >= 15 is 0 Å². The number of carbonyl (C=O) groups is 1. The molecule has 29 heavy (non-hydrogen) atoms. The van der Waals surface area contributed by atoms with Gasteiger partial charge in [-0.1, -0.05) is 49.1 Å². The van der Waals surface area contributed by atoms with E-state index in [1.807, 2.05) is 0 Å². The molecule has 0 aliphatic heterocycles. The van der Waals surface area contributed by atoms with Crippen molar-refractivity contribution >= 4 is 33.2 Å². The van der Waals surface area contributed by atoms with Crippen LogP contribution < -0.4 is 9.62 Å². The highest BCUT2D eigenvalue weighted by molar-refractivity contribution is 7.92. The summed E-state index contributed by atoms with van der Waals surface area (Å²) in [6.07, 6.45) is 5.67. The molecule has 1 saturated carbocycles. The van der Waals surface area contributed by atoms with Gasteiger partial charge in [0, 0.05) is 6.54 Å². The topological polar surface area (TPSA) is 66.5 Å². The Hall–Kier alpha value is -2.12. The van der Waals surface area contributed by atoms with Gasteiger partial charge < -0.3 is 5.32 Å². The number of hydrogen-bond acceptors (Lipinski definition) is 3. The van der Waals surface area contributed by atoms with Crippen molar-refractivity contribution in [2.24, 2.45) is 5.92 Å². The van der Waals surface area contributed by atoms with Crippen LogP contribution in [0.15, 0.2) is 53.4 Å². The maximum Gasteiger partial charge on any atom is 0.264 e. The summed E-state index contributed by atoms with van der Waals surface area (Å²) in [5, 5.41) is 2.64. The molecule has 0 bridgehead atoms. The highest BCUT2D eigenvalue weighted by Crippen LogP contribution is 2.28. The van der Waals surface area contributed by atoms with Gasteiger partial charge in [-0.05, 0) is 49.1 Å². The Labute approximate surface area is 175 Å². The van der Waals surface area contributed by atoms with Gasteiger partial charge in [0.25, 0.3) is 10.0 Å². The standard InChI is InChI=1S/C21H24ClFN2O3S/c22-19-13-17(11-12-20(19)23)25(29(27,28)18-9-5-2-6-10-18)15-21(26)24-14-16-7-3-1-4-8-16/h2,5-6,9-13,16H,1,3-4,7-8,14-15H2,(H,24,26). The number of amides is 1. The van der Waals surface area contributed by atoms with Crippen LogP contribution in [0, 0.1) is 11.7 Å². The minimum atomic E-state index is -4.03. The first kappa shape index (κ1) is 21.6. The van der Waals surface area contributed by atoms with Crippen molar-refractivity contribution in [3.8, 4) is 0 Å². The van der Waals surface area contributed by atoms with E-state index in [0.717, 1.165) is 36.1 Å². The van der Waals surface area contributed by atoms with E-state index in [0.29, 0.717) is 12.5 Å². The van der Waals surface area contributed by atoms with Crippen molar-refractivity contribution in [3.05, 3.63) is 59.4 Å². The fourth-order valence-corrected chi connectivity index (χ4v) is 5.12. The number of rotatable bonds is 7. The monoisotopic (exact) mass is 438 g/mol. The van der Waals surface area contributed by atoms with Crippen molar-refractivity contribution in [1.29, 1.82) is 0 Å². The Morgan fingerprint density at radius 3 is 2.45 bits per heavy atom. The molecule has 0 unspecified atom stereocenters. The highest BCUT2D eigenvalue weighted by atomic mass is 35.5. The second kappa shape index (κ2) is 9.59. The SMILES string of the molecule is O=C(CN(c1ccc(F)c(Cl)c1)S(=O)(=O)c1ccccc1)NCC1CCCCC1. The first-order valence-corrected chi connectivity index (χ1v) is 11.5. The molecule has 1 fully saturated rings. The van der Waals surface area contributed by atoms with Gasteiger partial charge in [0.15, 0.2) is 0 Å². The molecular formula is C21H24ClFN2O3S. The molecule has 8 heteroatoms. The first-order valence-electron chi connectivity index (χ1n) is 9.67. The average Bonchev–Trinajstić information content (AvgIpc) is 2.74. The quantitative estimate of drug-likeness (QED) is 0.698.